The minimum Gasteiger partial charge on any atom is -0.355 e. The van der Waals surface area contributed by atoms with Crippen LogP contribution in [0.4, 0.5) is 4.39 Å². The van der Waals surface area contributed by atoms with Crippen molar-refractivity contribution in [2.45, 2.75) is 32.2 Å². The number of hydrogen-bond donors (Lipinski definition) is 1. The molecule has 0 spiro atoms. The summed E-state index contributed by atoms with van der Waals surface area (Å²) >= 11 is 10.7. The van der Waals surface area contributed by atoms with Gasteiger partial charge in [-0.1, -0.05) is 45.7 Å². The Bertz CT molecular complexity index is 848. The van der Waals surface area contributed by atoms with Crippen LogP contribution in [0.1, 0.15) is 25.0 Å². The maximum atomic E-state index is 13.9. The summed E-state index contributed by atoms with van der Waals surface area (Å²) in [4.78, 5) is 26.8. The van der Waals surface area contributed by atoms with Crippen LogP contribution in [-0.4, -0.2) is 35.1 Å². The Labute approximate surface area is 188 Å². The molecule has 0 aliphatic heterocycles. The number of thioether (sulfide) groups is 1. The summed E-state index contributed by atoms with van der Waals surface area (Å²) in [6.45, 7) is 4.33. The van der Waals surface area contributed by atoms with Crippen LogP contribution in [0.3, 0.4) is 0 Å². The lowest BCUT2D eigenvalue weighted by molar-refractivity contribution is -0.138. The summed E-state index contributed by atoms with van der Waals surface area (Å²) in [5.41, 5.74) is 1.29. The molecular formula is C21H23BrClFN2O2S. The summed E-state index contributed by atoms with van der Waals surface area (Å²) < 4.78 is 14.8. The van der Waals surface area contributed by atoms with E-state index < -0.39 is 6.04 Å². The zero-order valence-corrected chi connectivity index (χ0v) is 19.4. The van der Waals surface area contributed by atoms with Gasteiger partial charge in [0, 0.05) is 33.9 Å². The van der Waals surface area contributed by atoms with E-state index in [-0.39, 0.29) is 29.1 Å². The predicted octanol–water partition coefficient (Wildman–Crippen LogP) is 5.03. The van der Waals surface area contributed by atoms with E-state index in [0.29, 0.717) is 23.7 Å². The number of hydrogen-bond acceptors (Lipinski definition) is 3. The molecular weight excluding hydrogens is 479 g/mol. The van der Waals surface area contributed by atoms with E-state index in [4.69, 9.17) is 11.6 Å². The maximum absolute atomic E-state index is 13.9. The number of likely N-dealkylation sites (N-methyl/N-ethyl adjacent to an activating group) is 1. The molecule has 0 unspecified atom stereocenters. The molecule has 0 fully saturated rings. The highest BCUT2D eigenvalue weighted by Gasteiger charge is 2.25. The quantitative estimate of drug-likeness (QED) is 0.524. The van der Waals surface area contributed by atoms with Gasteiger partial charge < -0.3 is 10.2 Å². The van der Waals surface area contributed by atoms with Gasteiger partial charge in [0.15, 0.2) is 0 Å². The van der Waals surface area contributed by atoms with Crippen molar-refractivity contribution in [1.82, 2.24) is 10.2 Å². The Morgan fingerprint density at radius 3 is 2.66 bits per heavy atom. The lowest BCUT2D eigenvalue weighted by Crippen LogP contribution is -2.48. The molecule has 0 aromatic heterocycles. The number of benzene rings is 2. The topological polar surface area (TPSA) is 49.4 Å². The van der Waals surface area contributed by atoms with Crippen molar-refractivity contribution in [2.24, 2.45) is 0 Å². The normalized spacial score (nSPS) is 11.8. The summed E-state index contributed by atoms with van der Waals surface area (Å²) in [7, 11) is 0. The first-order valence-corrected chi connectivity index (χ1v) is 11.5. The second kappa shape index (κ2) is 11.6. The average Bonchev–Trinajstić information content (AvgIpc) is 2.68. The fourth-order valence-corrected chi connectivity index (χ4v) is 4.43. The van der Waals surface area contributed by atoms with Crippen LogP contribution < -0.4 is 5.32 Å². The average molecular weight is 502 g/mol. The Morgan fingerprint density at radius 1 is 1.28 bits per heavy atom. The highest BCUT2D eigenvalue weighted by Crippen LogP contribution is 2.24. The summed E-state index contributed by atoms with van der Waals surface area (Å²) in [6, 6.07) is 11.5. The molecule has 2 aromatic carbocycles. The van der Waals surface area contributed by atoms with E-state index in [0.717, 1.165) is 10.0 Å². The standard InChI is InChI=1S/C21H23BrClFN2O2S/c1-3-25-21(28)14(2)26(11-15-6-4-7-16(22)10-15)20(27)13-29-12-17-18(23)8-5-9-19(17)24/h4-10,14H,3,11-13H2,1-2H3,(H,25,28)/t14-/m0/s1. The first kappa shape index (κ1) is 23.7. The van der Waals surface area contributed by atoms with E-state index >= 15 is 0 Å². The Kier molecular flexibility index (Phi) is 9.46. The van der Waals surface area contributed by atoms with Gasteiger partial charge in [0.25, 0.3) is 0 Å². The molecule has 0 aliphatic carbocycles. The van der Waals surface area contributed by atoms with Crippen molar-refractivity contribution in [1.29, 1.82) is 0 Å². The SMILES string of the molecule is CCNC(=O)[C@H](C)N(Cc1cccc(Br)c1)C(=O)CSCc1c(F)cccc1Cl. The third-order valence-electron chi connectivity index (χ3n) is 4.29. The molecule has 29 heavy (non-hydrogen) atoms. The molecule has 0 radical (unpaired) electrons. The van der Waals surface area contributed by atoms with Crippen molar-refractivity contribution in [2.75, 3.05) is 12.3 Å². The predicted molar refractivity (Wildman–Crippen MR) is 120 cm³/mol. The molecule has 0 aliphatic rings. The van der Waals surface area contributed by atoms with E-state index in [9.17, 15) is 14.0 Å². The van der Waals surface area contributed by atoms with Crippen molar-refractivity contribution in [3.8, 4) is 0 Å². The van der Waals surface area contributed by atoms with Crippen LogP contribution in [0.15, 0.2) is 46.9 Å². The van der Waals surface area contributed by atoms with Gasteiger partial charge in [-0.25, -0.2) is 4.39 Å². The fourth-order valence-electron chi connectivity index (χ4n) is 2.73. The molecule has 0 heterocycles. The third kappa shape index (κ3) is 7.01. The number of amides is 2. The van der Waals surface area contributed by atoms with Crippen LogP contribution in [0.5, 0.6) is 0 Å². The zero-order chi connectivity index (χ0) is 21.4. The van der Waals surface area contributed by atoms with Crippen LogP contribution in [0, 0.1) is 5.82 Å². The lowest BCUT2D eigenvalue weighted by atomic mass is 10.1. The van der Waals surface area contributed by atoms with Crippen molar-refractivity contribution < 1.29 is 14.0 Å². The molecule has 2 aromatic rings. The van der Waals surface area contributed by atoms with Gasteiger partial charge in [-0.05, 0) is 43.7 Å². The van der Waals surface area contributed by atoms with Gasteiger partial charge in [-0.2, -0.15) is 0 Å². The first-order chi connectivity index (χ1) is 13.8. The van der Waals surface area contributed by atoms with Crippen LogP contribution in [0.2, 0.25) is 5.02 Å². The smallest absolute Gasteiger partial charge is 0.242 e. The van der Waals surface area contributed by atoms with Crippen molar-refractivity contribution >= 4 is 51.1 Å². The van der Waals surface area contributed by atoms with E-state index in [1.165, 1.54) is 17.8 Å². The summed E-state index contributed by atoms with van der Waals surface area (Å²) in [5.74, 6) is -0.404. The largest absolute Gasteiger partial charge is 0.355 e. The van der Waals surface area contributed by atoms with Gasteiger partial charge in [0.1, 0.15) is 11.9 Å². The maximum Gasteiger partial charge on any atom is 0.242 e. The molecule has 156 valence electrons. The molecule has 1 N–H and O–H groups in total. The molecule has 0 bridgehead atoms. The molecule has 2 amide bonds. The van der Waals surface area contributed by atoms with E-state index in [2.05, 4.69) is 21.2 Å². The summed E-state index contributed by atoms with van der Waals surface area (Å²) in [5, 5.41) is 3.10. The number of nitrogens with one attached hydrogen (secondary N) is 1. The fraction of sp³-hybridized carbons (Fsp3) is 0.333. The molecule has 0 saturated heterocycles. The van der Waals surface area contributed by atoms with E-state index in [1.54, 1.807) is 24.0 Å². The van der Waals surface area contributed by atoms with Gasteiger partial charge in [0.05, 0.1) is 5.75 Å². The Hall–Kier alpha value is -1.57. The third-order valence-corrected chi connectivity index (χ3v) is 6.09. The number of rotatable bonds is 9. The highest BCUT2D eigenvalue weighted by molar-refractivity contribution is 9.10. The number of nitrogens with zero attached hydrogens (tertiary/aromatic N) is 1. The Balaban J connectivity index is 2.10. The Morgan fingerprint density at radius 2 is 2.00 bits per heavy atom. The molecule has 4 nitrogen and oxygen atoms in total. The highest BCUT2D eigenvalue weighted by atomic mass is 79.9. The molecule has 2 rings (SSSR count). The molecule has 1 atom stereocenters. The number of carbonyl (C=O) groups is 2. The van der Waals surface area contributed by atoms with Gasteiger partial charge in [-0.3, -0.25) is 9.59 Å². The second-order valence-corrected chi connectivity index (χ2v) is 8.72. The van der Waals surface area contributed by atoms with Crippen LogP contribution in [0.25, 0.3) is 0 Å². The minimum atomic E-state index is -0.626. The van der Waals surface area contributed by atoms with Gasteiger partial charge in [0.2, 0.25) is 11.8 Å². The first-order valence-electron chi connectivity index (χ1n) is 9.15. The molecule has 0 saturated carbocycles. The van der Waals surface area contributed by atoms with Crippen molar-refractivity contribution in [3.63, 3.8) is 0 Å². The zero-order valence-electron chi connectivity index (χ0n) is 16.3. The molecule has 8 heteroatoms. The van der Waals surface area contributed by atoms with Crippen LogP contribution in [-0.2, 0) is 21.9 Å². The van der Waals surface area contributed by atoms with Crippen molar-refractivity contribution in [3.05, 3.63) is 68.9 Å². The number of carbonyl (C=O) groups excluding carboxylic acids is 2. The van der Waals surface area contributed by atoms with Gasteiger partial charge in [-0.15, -0.1) is 11.8 Å². The number of halogens is 3. The summed E-state index contributed by atoms with van der Waals surface area (Å²) in [6.07, 6.45) is 0. The van der Waals surface area contributed by atoms with Crippen LogP contribution >= 0.6 is 39.3 Å². The second-order valence-electron chi connectivity index (χ2n) is 6.42. The van der Waals surface area contributed by atoms with Gasteiger partial charge >= 0.3 is 0 Å². The van der Waals surface area contributed by atoms with E-state index in [1.807, 2.05) is 31.2 Å². The minimum absolute atomic E-state index is 0.114. The monoisotopic (exact) mass is 500 g/mol. The lowest BCUT2D eigenvalue weighted by Gasteiger charge is -2.28.